The van der Waals surface area contributed by atoms with Crippen molar-refractivity contribution < 1.29 is 123 Å². The summed E-state index contributed by atoms with van der Waals surface area (Å²) >= 11 is 0. The van der Waals surface area contributed by atoms with Gasteiger partial charge in [-0.3, -0.25) is 0 Å². The molecule has 0 aliphatic rings. The Labute approximate surface area is 149 Å². The molecule has 0 saturated heterocycles. The molecule has 0 aromatic heterocycles. The molecule has 0 radical (unpaired) electrons. The standard InChI is InChI=1S/C2H7O7P2.3Na/c1-2(3,10(4,5)6)11(7,8)9;;;/h1H3,(H2,4,5,6)(H2,7,8,9);;;/q-1;3*+1/p-2. The molecule has 0 aromatic rings. The molecule has 0 saturated carbocycles. The van der Waals surface area contributed by atoms with Gasteiger partial charge >= 0.3 is 88.7 Å². The largest absolute Gasteiger partial charge is 1.00 e. The molecule has 68 valence electrons. The summed E-state index contributed by atoms with van der Waals surface area (Å²) in [6, 6.07) is 0. The van der Waals surface area contributed by atoms with E-state index in [2.05, 4.69) is 0 Å². The minimum atomic E-state index is -5.81. The van der Waals surface area contributed by atoms with Crippen molar-refractivity contribution in [2.45, 2.75) is 12.0 Å². The molecule has 0 amide bonds. The fourth-order valence-corrected chi connectivity index (χ4v) is 1.44. The summed E-state index contributed by atoms with van der Waals surface area (Å²) in [4.78, 5) is 56.2. The predicted octanol–water partition coefficient (Wildman–Crippen LogP) is -14.0. The Hall–Kier alpha value is 3.58. The third-order valence-corrected chi connectivity index (χ3v) is 4.66. The van der Waals surface area contributed by atoms with Gasteiger partial charge in [0.05, 0.1) is 0 Å². The summed E-state index contributed by atoms with van der Waals surface area (Å²) in [6.45, 7) is 0.147. The molecule has 0 rings (SSSR count). The minimum Gasteiger partial charge on any atom is -0.783 e. The SMILES string of the molecule is CC([O-])([P+]([O-])([O-])[O-])[P+]([O-])(O)O.[Na+].[Na+].[Na+]. The van der Waals surface area contributed by atoms with Crippen molar-refractivity contribution in [3.63, 3.8) is 0 Å². The first-order chi connectivity index (χ1) is 4.50. The summed E-state index contributed by atoms with van der Waals surface area (Å²) in [5.74, 6) is 0. The maximum atomic E-state index is 10.5. The molecule has 2 N–H and O–H groups in total. The maximum Gasteiger partial charge on any atom is 1.00 e. The average Bonchev–Trinajstić information content (AvgIpc) is 1.58. The van der Waals surface area contributed by atoms with Crippen molar-refractivity contribution >= 4 is 15.9 Å². The monoisotopic (exact) mass is 272 g/mol. The van der Waals surface area contributed by atoms with Gasteiger partial charge < -0.3 is 24.7 Å². The molecular formula is C2H5Na3O7P2. The smallest absolute Gasteiger partial charge is 0.783 e. The molecule has 12 heteroatoms. The first-order valence-corrected chi connectivity index (χ1v) is 5.44. The average molecular weight is 272 g/mol. The third-order valence-electron chi connectivity index (χ3n) is 1.05. The van der Waals surface area contributed by atoms with Crippen LogP contribution in [0.25, 0.3) is 0 Å². The zero-order valence-electron chi connectivity index (χ0n) is 8.33. The zero-order chi connectivity index (χ0) is 9.50. The van der Waals surface area contributed by atoms with Crippen LogP contribution in [0.15, 0.2) is 0 Å². The maximum absolute atomic E-state index is 10.5. The number of hydrogen-bond donors (Lipinski definition) is 2. The van der Waals surface area contributed by atoms with Crippen LogP contribution >= 0.6 is 15.9 Å². The second-order valence-corrected chi connectivity index (χ2v) is 6.12. The molecule has 14 heavy (non-hydrogen) atoms. The van der Waals surface area contributed by atoms with E-state index in [-0.39, 0.29) is 95.6 Å². The van der Waals surface area contributed by atoms with E-state index in [0.29, 0.717) is 0 Å². The Kier molecular flexibility index (Phi) is 16.2. The fraction of sp³-hybridized carbons (Fsp3) is 1.00. The third kappa shape index (κ3) is 7.11. The van der Waals surface area contributed by atoms with Crippen LogP contribution in [0.3, 0.4) is 0 Å². The van der Waals surface area contributed by atoms with Crippen LogP contribution in [0.1, 0.15) is 6.92 Å². The van der Waals surface area contributed by atoms with Crippen molar-refractivity contribution in [3.05, 3.63) is 0 Å². The van der Waals surface area contributed by atoms with Crippen LogP contribution in [0, 0.1) is 0 Å². The van der Waals surface area contributed by atoms with Gasteiger partial charge in [-0.1, -0.05) is 0 Å². The van der Waals surface area contributed by atoms with Gasteiger partial charge in [-0.05, 0) is 6.92 Å². The minimum absolute atomic E-state index is 0. The van der Waals surface area contributed by atoms with E-state index < -0.39 is 21.0 Å². The first kappa shape index (κ1) is 26.2. The molecule has 1 unspecified atom stereocenters. The molecule has 0 heterocycles. The molecule has 0 aliphatic carbocycles. The van der Waals surface area contributed by atoms with Crippen molar-refractivity contribution in [2.24, 2.45) is 0 Å². The van der Waals surface area contributed by atoms with Crippen LogP contribution < -0.4 is 113 Å². The summed E-state index contributed by atoms with van der Waals surface area (Å²) in [5.41, 5.74) is 0. The summed E-state index contributed by atoms with van der Waals surface area (Å²) < 4.78 is 0. The second kappa shape index (κ2) is 8.64. The molecule has 0 aromatic carbocycles. The number of rotatable bonds is 2. The van der Waals surface area contributed by atoms with Crippen molar-refractivity contribution in [2.75, 3.05) is 0 Å². The molecule has 7 nitrogen and oxygen atoms in total. The first-order valence-electron chi connectivity index (χ1n) is 2.28. The van der Waals surface area contributed by atoms with E-state index in [9.17, 15) is 24.7 Å². The van der Waals surface area contributed by atoms with E-state index >= 15 is 0 Å². The summed E-state index contributed by atoms with van der Waals surface area (Å²) in [5, 5.41) is 6.73. The molecule has 0 fully saturated rings. The van der Waals surface area contributed by atoms with Gasteiger partial charge in [0.25, 0.3) is 7.94 Å². The quantitative estimate of drug-likeness (QED) is 0.373. The van der Waals surface area contributed by atoms with Crippen LogP contribution in [-0.2, 0) is 0 Å². The van der Waals surface area contributed by atoms with Crippen LogP contribution in [-0.4, -0.2) is 14.9 Å². The van der Waals surface area contributed by atoms with Crippen LogP contribution in [0.4, 0.5) is 0 Å². The van der Waals surface area contributed by atoms with E-state index in [1.165, 1.54) is 0 Å². The molecule has 1 atom stereocenters. The van der Waals surface area contributed by atoms with Crippen molar-refractivity contribution in [3.8, 4) is 0 Å². The van der Waals surface area contributed by atoms with Crippen molar-refractivity contribution in [1.82, 2.24) is 0 Å². The molecular weight excluding hydrogens is 267 g/mol. The van der Waals surface area contributed by atoms with Gasteiger partial charge in [-0.2, -0.15) is 0 Å². The zero-order valence-corrected chi connectivity index (χ0v) is 16.1. The normalized spacial score (nSPS) is 15.4. The van der Waals surface area contributed by atoms with Gasteiger partial charge in [-0.25, -0.2) is 9.79 Å². The van der Waals surface area contributed by atoms with Gasteiger partial charge in [-0.15, -0.1) is 7.94 Å². The van der Waals surface area contributed by atoms with E-state index in [0.717, 1.165) is 0 Å². The molecule has 0 bridgehead atoms. The predicted molar refractivity (Wildman–Crippen MR) is 26.7 cm³/mol. The Morgan fingerprint density at radius 2 is 1.14 bits per heavy atom. The summed E-state index contributed by atoms with van der Waals surface area (Å²) in [6.07, 6.45) is 0. The van der Waals surface area contributed by atoms with Crippen LogP contribution in [0.2, 0.25) is 0 Å². The van der Waals surface area contributed by atoms with Gasteiger partial charge in [0.2, 0.25) is 0 Å². The molecule has 0 spiro atoms. The Bertz CT molecular complexity index is 136. The van der Waals surface area contributed by atoms with Crippen LogP contribution in [0.5, 0.6) is 0 Å². The topological polar surface area (TPSA) is 156 Å². The second-order valence-electron chi connectivity index (χ2n) is 1.98. The van der Waals surface area contributed by atoms with E-state index in [4.69, 9.17) is 9.79 Å². The van der Waals surface area contributed by atoms with Gasteiger partial charge in [0.15, 0.2) is 5.08 Å². The fourth-order valence-electron chi connectivity index (χ4n) is 0.160. The Morgan fingerprint density at radius 1 is 0.929 bits per heavy atom. The van der Waals surface area contributed by atoms with E-state index in [1.54, 1.807) is 0 Å². The van der Waals surface area contributed by atoms with E-state index in [1.807, 2.05) is 0 Å². The van der Waals surface area contributed by atoms with Crippen molar-refractivity contribution in [1.29, 1.82) is 0 Å². The molecule has 0 aliphatic heterocycles. The Morgan fingerprint density at radius 3 is 1.14 bits per heavy atom. The van der Waals surface area contributed by atoms with Gasteiger partial charge in [0.1, 0.15) is 0 Å². The Balaban J connectivity index is -0.000000167. The van der Waals surface area contributed by atoms with Gasteiger partial charge in [0, 0.05) is 0 Å². The summed E-state index contributed by atoms with van der Waals surface area (Å²) in [7, 11) is -11.2. The number of hydrogen-bond acceptors (Lipinski definition) is 7.